The van der Waals surface area contributed by atoms with Crippen LogP contribution in [0.3, 0.4) is 0 Å². The number of rotatable bonds is 5. The summed E-state index contributed by atoms with van der Waals surface area (Å²) in [5.74, 6) is -1.01. The molecule has 0 bridgehead atoms. The molecule has 0 aliphatic carbocycles. The van der Waals surface area contributed by atoms with Crippen LogP contribution in [0.4, 0.5) is 11.4 Å². The molecule has 0 saturated carbocycles. The first-order chi connectivity index (χ1) is 14.5. The molecule has 3 aromatic rings. The standard InChI is InChI=1S/C23H18N2O5/c26-21-14-30-20-8-4-3-7-19(20)25(21)13-15-9-11-16(12-10-15)22(27)24-18-6-2-1-5-17(18)23(28)29/h1-12H,13-14H2,(H,24,27)(H,28,29). The molecule has 7 heteroatoms. The second-order valence-corrected chi connectivity index (χ2v) is 6.74. The fourth-order valence-electron chi connectivity index (χ4n) is 3.24. The lowest BCUT2D eigenvalue weighted by atomic mass is 10.1. The summed E-state index contributed by atoms with van der Waals surface area (Å²) in [5.41, 5.74) is 2.19. The Kier molecular flexibility index (Phi) is 5.17. The van der Waals surface area contributed by atoms with Crippen LogP contribution < -0.4 is 15.0 Å². The van der Waals surface area contributed by atoms with Gasteiger partial charge in [-0.15, -0.1) is 0 Å². The number of fused-ring (bicyclic) bond motifs is 1. The van der Waals surface area contributed by atoms with Crippen LogP contribution in [0.2, 0.25) is 0 Å². The van der Waals surface area contributed by atoms with Gasteiger partial charge in [0.05, 0.1) is 23.5 Å². The van der Waals surface area contributed by atoms with Crippen LogP contribution in [-0.4, -0.2) is 29.5 Å². The van der Waals surface area contributed by atoms with Crippen LogP contribution >= 0.6 is 0 Å². The van der Waals surface area contributed by atoms with Gasteiger partial charge in [0, 0.05) is 5.56 Å². The maximum Gasteiger partial charge on any atom is 0.337 e. The number of carbonyl (C=O) groups excluding carboxylic acids is 2. The number of amides is 2. The van der Waals surface area contributed by atoms with Crippen molar-refractivity contribution in [2.24, 2.45) is 0 Å². The van der Waals surface area contributed by atoms with E-state index in [0.29, 0.717) is 23.5 Å². The largest absolute Gasteiger partial charge is 0.482 e. The molecule has 30 heavy (non-hydrogen) atoms. The maximum absolute atomic E-state index is 12.5. The molecular formula is C23H18N2O5. The van der Waals surface area contributed by atoms with Gasteiger partial charge in [-0.25, -0.2) is 4.79 Å². The first-order valence-electron chi connectivity index (χ1n) is 9.28. The summed E-state index contributed by atoms with van der Waals surface area (Å²) in [4.78, 5) is 37.8. The molecule has 0 fully saturated rings. The third kappa shape index (κ3) is 3.86. The molecule has 1 heterocycles. The molecule has 0 radical (unpaired) electrons. The topological polar surface area (TPSA) is 95.9 Å². The SMILES string of the molecule is O=C(Nc1ccccc1C(=O)O)c1ccc(CN2C(=O)COc3ccccc32)cc1. The Morgan fingerprint density at radius 1 is 0.967 bits per heavy atom. The van der Waals surface area contributed by atoms with Crippen molar-refractivity contribution >= 4 is 29.2 Å². The molecule has 3 aromatic carbocycles. The van der Waals surface area contributed by atoms with Gasteiger partial charge < -0.3 is 20.1 Å². The minimum atomic E-state index is -1.11. The van der Waals surface area contributed by atoms with Crippen molar-refractivity contribution in [2.75, 3.05) is 16.8 Å². The lowest BCUT2D eigenvalue weighted by molar-refractivity contribution is -0.121. The van der Waals surface area contributed by atoms with Gasteiger partial charge in [0.15, 0.2) is 6.61 Å². The van der Waals surface area contributed by atoms with E-state index in [9.17, 15) is 19.5 Å². The van der Waals surface area contributed by atoms with Crippen LogP contribution in [0, 0.1) is 0 Å². The van der Waals surface area contributed by atoms with Crippen molar-refractivity contribution in [1.82, 2.24) is 0 Å². The normalized spacial score (nSPS) is 12.7. The van der Waals surface area contributed by atoms with Crippen LogP contribution in [0.5, 0.6) is 5.75 Å². The van der Waals surface area contributed by atoms with E-state index in [1.165, 1.54) is 12.1 Å². The second kappa shape index (κ2) is 8.08. The van der Waals surface area contributed by atoms with Crippen molar-refractivity contribution in [3.63, 3.8) is 0 Å². The van der Waals surface area contributed by atoms with Crippen molar-refractivity contribution in [2.45, 2.75) is 6.54 Å². The molecule has 1 aliphatic rings. The Labute approximate surface area is 172 Å². The van der Waals surface area contributed by atoms with E-state index in [0.717, 1.165) is 5.56 Å². The van der Waals surface area contributed by atoms with Crippen molar-refractivity contribution in [1.29, 1.82) is 0 Å². The Hall–Kier alpha value is -4.13. The molecule has 0 unspecified atom stereocenters. The molecule has 0 saturated heterocycles. The molecule has 0 aromatic heterocycles. The number of aromatic carboxylic acids is 1. The zero-order chi connectivity index (χ0) is 21.1. The number of ether oxygens (including phenoxy) is 1. The highest BCUT2D eigenvalue weighted by molar-refractivity contribution is 6.07. The molecule has 1 aliphatic heterocycles. The molecule has 2 amide bonds. The molecule has 4 rings (SSSR count). The van der Waals surface area contributed by atoms with Crippen LogP contribution in [0.15, 0.2) is 72.8 Å². The van der Waals surface area contributed by atoms with Crippen molar-refractivity contribution < 1.29 is 24.2 Å². The minimum absolute atomic E-state index is 0.0134. The number of nitrogens with zero attached hydrogens (tertiary/aromatic N) is 1. The average Bonchev–Trinajstić information content (AvgIpc) is 2.76. The van der Waals surface area contributed by atoms with Gasteiger partial charge >= 0.3 is 5.97 Å². The third-order valence-electron chi connectivity index (χ3n) is 4.77. The van der Waals surface area contributed by atoms with E-state index < -0.39 is 11.9 Å². The fourth-order valence-corrected chi connectivity index (χ4v) is 3.24. The molecule has 0 spiro atoms. The van der Waals surface area contributed by atoms with Crippen LogP contribution in [0.1, 0.15) is 26.3 Å². The Balaban J connectivity index is 1.49. The van der Waals surface area contributed by atoms with E-state index in [4.69, 9.17) is 4.74 Å². The summed E-state index contributed by atoms with van der Waals surface area (Å²) in [6.07, 6.45) is 0. The summed E-state index contributed by atoms with van der Waals surface area (Å²) in [5, 5.41) is 11.9. The molecular weight excluding hydrogens is 384 g/mol. The minimum Gasteiger partial charge on any atom is -0.482 e. The van der Waals surface area contributed by atoms with E-state index in [1.54, 1.807) is 41.3 Å². The van der Waals surface area contributed by atoms with E-state index in [1.807, 2.05) is 24.3 Å². The quantitative estimate of drug-likeness (QED) is 0.680. The molecule has 0 atom stereocenters. The summed E-state index contributed by atoms with van der Waals surface area (Å²) in [7, 11) is 0. The lowest BCUT2D eigenvalue weighted by Gasteiger charge is -2.29. The van der Waals surface area contributed by atoms with Gasteiger partial charge in [-0.2, -0.15) is 0 Å². The number of carbonyl (C=O) groups is 3. The van der Waals surface area contributed by atoms with Crippen LogP contribution in [-0.2, 0) is 11.3 Å². The number of anilines is 2. The number of para-hydroxylation sites is 3. The summed E-state index contributed by atoms with van der Waals surface area (Å²) < 4.78 is 5.45. The predicted molar refractivity (Wildman–Crippen MR) is 111 cm³/mol. The molecule has 2 N–H and O–H groups in total. The second-order valence-electron chi connectivity index (χ2n) is 6.74. The maximum atomic E-state index is 12.5. The van der Waals surface area contributed by atoms with E-state index in [-0.39, 0.29) is 23.8 Å². The number of hydrogen-bond donors (Lipinski definition) is 2. The first-order valence-corrected chi connectivity index (χ1v) is 9.28. The van der Waals surface area contributed by atoms with E-state index in [2.05, 4.69) is 5.32 Å². The number of carboxylic acid groups (broad SMARTS) is 1. The number of carboxylic acids is 1. The fraction of sp³-hybridized carbons (Fsp3) is 0.0870. The smallest absolute Gasteiger partial charge is 0.337 e. The van der Waals surface area contributed by atoms with Gasteiger partial charge in [0.2, 0.25) is 0 Å². The Morgan fingerprint density at radius 3 is 2.43 bits per heavy atom. The number of hydrogen-bond acceptors (Lipinski definition) is 4. The van der Waals surface area contributed by atoms with Crippen LogP contribution in [0.25, 0.3) is 0 Å². The summed E-state index contributed by atoms with van der Waals surface area (Å²) in [6, 6.07) is 20.4. The first kappa shape index (κ1) is 19.2. The molecule has 7 nitrogen and oxygen atoms in total. The van der Waals surface area contributed by atoms with Gasteiger partial charge in [-0.05, 0) is 42.0 Å². The zero-order valence-corrected chi connectivity index (χ0v) is 15.9. The van der Waals surface area contributed by atoms with Gasteiger partial charge in [0.25, 0.3) is 11.8 Å². The lowest BCUT2D eigenvalue weighted by Crippen LogP contribution is -2.38. The van der Waals surface area contributed by atoms with Gasteiger partial charge in [-0.1, -0.05) is 36.4 Å². The van der Waals surface area contributed by atoms with Gasteiger partial charge in [0.1, 0.15) is 5.75 Å². The Morgan fingerprint density at radius 2 is 1.67 bits per heavy atom. The highest BCUT2D eigenvalue weighted by atomic mass is 16.5. The monoisotopic (exact) mass is 402 g/mol. The van der Waals surface area contributed by atoms with E-state index >= 15 is 0 Å². The number of benzene rings is 3. The Bertz CT molecular complexity index is 1120. The number of nitrogens with one attached hydrogen (secondary N) is 1. The van der Waals surface area contributed by atoms with Crippen molar-refractivity contribution in [3.8, 4) is 5.75 Å². The third-order valence-corrected chi connectivity index (χ3v) is 4.77. The summed E-state index contributed by atoms with van der Waals surface area (Å²) in [6.45, 7) is 0.337. The highest BCUT2D eigenvalue weighted by Gasteiger charge is 2.25. The molecule has 150 valence electrons. The van der Waals surface area contributed by atoms with Gasteiger partial charge in [-0.3, -0.25) is 9.59 Å². The highest BCUT2D eigenvalue weighted by Crippen LogP contribution is 2.32. The summed E-state index contributed by atoms with van der Waals surface area (Å²) >= 11 is 0. The zero-order valence-electron chi connectivity index (χ0n) is 15.9. The average molecular weight is 402 g/mol. The van der Waals surface area contributed by atoms with Crippen molar-refractivity contribution in [3.05, 3.63) is 89.5 Å². The predicted octanol–water partition coefficient (Wildman–Crippen LogP) is 3.56.